The molecule has 2 aromatic rings. The van der Waals surface area contributed by atoms with E-state index in [2.05, 4.69) is 26.0 Å². The zero-order chi connectivity index (χ0) is 9.42. The van der Waals surface area contributed by atoms with Gasteiger partial charge in [0, 0.05) is 6.20 Å². The molecule has 0 saturated carbocycles. The van der Waals surface area contributed by atoms with Gasteiger partial charge in [-0.3, -0.25) is 4.98 Å². The predicted molar refractivity (Wildman–Crippen MR) is 48.7 cm³/mol. The number of carbonyl (C=O) groups is 1. The maximum atomic E-state index is 10.7. The van der Waals surface area contributed by atoms with Crippen LogP contribution in [-0.4, -0.2) is 26.0 Å². The Morgan fingerprint density at radius 2 is 2.38 bits per heavy atom. The van der Waals surface area contributed by atoms with E-state index in [1.165, 1.54) is 0 Å². The molecule has 0 aromatic carbocycles. The van der Waals surface area contributed by atoms with Gasteiger partial charge in [-0.15, -0.1) is 0 Å². The average molecular weight is 242 g/mol. The number of rotatable bonds is 0. The standard InChI is InChI=1S/C7H4BrN3O2/c8-6-5-4(2-1-3-9-5)11(10-6)7(12)13/h1-3H,(H,12,13). The zero-order valence-corrected chi connectivity index (χ0v) is 7.89. The SMILES string of the molecule is O=C(O)n1nc(Br)c2ncccc21. The quantitative estimate of drug-likeness (QED) is 0.763. The first-order chi connectivity index (χ1) is 6.20. The van der Waals surface area contributed by atoms with Crippen LogP contribution in [-0.2, 0) is 0 Å². The van der Waals surface area contributed by atoms with Gasteiger partial charge < -0.3 is 5.11 Å². The summed E-state index contributed by atoms with van der Waals surface area (Å²) in [5, 5.41) is 12.5. The monoisotopic (exact) mass is 241 g/mol. The van der Waals surface area contributed by atoms with Crippen molar-refractivity contribution in [1.29, 1.82) is 0 Å². The summed E-state index contributed by atoms with van der Waals surface area (Å²) in [4.78, 5) is 14.7. The van der Waals surface area contributed by atoms with Crippen molar-refractivity contribution in [2.75, 3.05) is 0 Å². The first-order valence-corrected chi connectivity index (χ1v) is 4.22. The third kappa shape index (κ3) is 1.19. The van der Waals surface area contributed by atoms with E-state index >= 15 is 0 Å². The van der Waals surface area contributed by atoms with Gasteiger partial charge in [0.2, 0.25) is 0 Å². The van der Waals surface area contributed by atoms with Gasteiger partial charge in [-0.25, -0.2) is 4.79 Å². The molecule has 0 aliphatic heterocycles. The van der Waals surface area contributed by atoms with Crippen LogP contribution in [0, 0.1) is 0 Å². The Hall–Kier alpha value is -1.43. The lowest BCUT2D eigenvalue weighted by atomic mass is 10.4. The average Bonchev–Trinajstić information content (AvgIpc) is 2.45. The van der Waals surface area contributed by atoms with Gasteiger partial charge in [0.15, 0.2) is 4.60 Å². The molecule has 0 radical (unpaired) electrons. The Balaban J connectivity index is 2.85. The fourth-order valence-corrected chi connectivity index (χ4v) is 1.53. The molecule has 2 aromatic heterocycles. The summed E-state index contributed by atoms with van der Waals surface area (Å²) in [7, 11) is 0. The van der Waals surface area contributed by atoms with E-state index in [4.69, 9.17) is 5.11 Å². The fraction of sp³-hybridized carbons (Fsp3) is 0. The van der Waals surface area contributed by atoms with Crippen LogP contribution in [0.3, 0.4) is 0 Å². The van der Waals surface area contributed by atoms with E-state index in [0.29, 0.717) is 15.6 Å². The van der Waals surface area contributed by atoms with Crippen LogP contribution < -0.4 is 0 Å². The van der Waals surface area contributed by atoms with Crippen molar-refractivity contribution in [2.24, 2.45) is 0 Å². The summed E-state index contributed by atoms with van der Waals surface area (Å²) < 4.78 is 1.32. The molecule has 0 spiro atoms. The van der Waals surface area contributed by atoms with Gasteiger partial charge in [0.25, 0.3) is 0 Å². The third-order valence-corrected chi connectivity index (χ3v) is 2.11. The molecule has 0 aliphatic carbocycles. The van der Waals surface area contributed by atoms with Crippen LogP contribution in [0.2, 0.25) is 0 Å². The summed E-state index contributed by atoms with van der Waals surface area (Å²) in [5.41, 5.74) is 1.02. The summed E-state index contributed by atoms with van der Waals surface area (Å²) in [6.07, 6.45) is 0.463. The van der Waals surface area contributed by atoms with E-state index in [9.17, 15) is 4.79 Å². The Labute approximate surface area is 81.1 Å². The van der Waals surface area contributed by atoms with E-state index < -0.39 is 6.09 Å². The molecule has 1 N–H and O–H groups in total. The molecule has 2 rings (SSSR count). The molecular weight excluding hydrogens is 238 g/mol. The van der Waals surface area contributed by atoms with Crippen molar-refractivity contribution in [1.82, 2.24) is 14.8 Å². The number of fused-ring (bicyclic) bond motifs is 1. The van der Waals surface area contributed by atoms with Crippen LogP contribution in [0.1, 0.15) is 0 Å². The number of pyridine rings is 1. The third-order valence-electron chi connectivity index (χ3n) is 1.58. The predicted octanol–water partition coefficient (Wildman–Crippen LogP) is 1.72. The van der Waals surface area contributed by atoms with Crippen molar-refractivity contribution in [3.63, 3.8) is 0 Å². The molecule has 66 valence electrons. The smallest absolute Gasteiger partial charge is 0.432 e. The summed E-state index contributed by atoms with van der Waals surface area (Å²) in [6.45, 7) is 0. The number of carboxylic acid groups (broad SMARTS) is 1. The van der Waals surface area contributed by atoms with Gasteiger partial charge in [-0.2, -0.15) is 9.78 Å². The van der Waals surface area contributed by atoms with E-state index in [0.717, 1.165) is 4.68 Å². The minimum atomic E-state index is -1.12. The number of aromatic nitrogens is 3. The van der Waals surface area contributed by atoms with E-state index in [1.54, 1.807) is 18.3 Å². The normalized spacial score (nSPS) is 10.5. The Morgan fingerprint density at radius 3 is 3.08 bits per heavy atom. The van der Waals surface area contributed by atoms with Crippen LogP contribution in [0.25, 0.3) is 11.0 Å². The van der Waals surface area contributed by atoms with Gasteiger partial charge in [0.1, 0.15) is 11.0 Å². The molecule has 2 heterocycles. The summed E-state index contributed by atoms with van der Waals surface area (Å²) >= 11 is 3.13. The summed E-state index contributed by atoms with van der Waals surface area (Å²) in [6, 6.07) is 3.31. The van der Waals surface area contributed by atoms with Gasteiger partial charge in [-0.05, 0) is 28.1 Å². The maximum absolute atomic E-state index is 10.7. The van der Waals surface area contributed by atoms with E-state index in [1.807, 2.05) is 0 Å². The highest BCUT2D eigenvalue weighted by Crippen LogP contribution is 2.19. The highest BCUT2D eigenvalue weighted by molar-refractivity contribution is 9.10. The highest BCUT2D eigenvalue weighted by atomic mass is 79.9. The lowest BCUT2D eigenvalue weighted by molar-refractivity contribution is 0.194. The van der Waals surface area contributed by atoms with Crippen LogP contribution >= 0.6 is 15.9 Å². The van der Waals surface area contributed by atoms with Gasteiger partial charge in [0.05, 0.1) is 0 Å². The summed E-state index contributed by atoms with van der Waals surface area (Å²) in [5.74, 6) is 0. The molecule has 0 aliphatic rings. The molecule has 6 heteroatoms. The minimum Gasteiger partial charge on any atom is -0.463 e. The lowest BCUT2D eigenvalue weighted by Crippen LogP contribution is -2.09. The topological polar surface area (TPSA) is 68.0 Å². The van der Waals surface area contributed by atoms with Gasteiger partial charge >= 0.3 is 6.09 Å². The molecule has 0 atom stereocenters. The van der Waals surface area contributed by atoms with Crippen molar-refractivity contribution in [3.8, 4) is 0 Å². The molecule has 0 fully saturated rings. The van der Waals surface area contributed by atoms with Crippen molar-refractivity contribution in [2.45, 2.75) is 0 Å². The minimum absolute atomic E-state index is 0.436. The van der Waals surface area contributed by atoms with E-state index in [-0.39, 0.29) is 0 Å². The van der Waals surface area contributed by atoms with Crippen molar-refractivity contribution < 1.29 is 9.90 Å². The number of nitrogens with zero attached hydrogens (tertiary/aromatic N) is 3. The Bertz CT molecular complexity index is 480. The second kappa shape index (κ2) is 2.81. The first kappa shape index (κ1) is 8.18. The fourth-order valence-electron chi connectivity index (χ4n) is 1.06. The van der Waals surface area contributed by atoms with Gasteiger partial charge in [-0.1, -0.05) is 0 Å². The van der Waals surface area contributed by atoms with Crippen LogP contribution in [0.4, 0.5) is 4.79 Å². The van der Waals surface area contributed by atoms with Crippen LogP contribution in [0.5, 0.6) is 0 Å². The first-order valence-electron chi connectivity index (χ1n) is 3.42. The molecule has 0 unspecified atom stereocenters. The van der Waals surface area contributed by atoms with Crippen LogP contribution in [0.15, 0.2) is 22.9 Å². The molecule has 5 nitrogen and oxygen atoms in total. The number of hydrogen-bond donors (Lipinski definition) is 1. The Kier molecular flexibility index (Phi) is 1.77. The molecular formula is C7H4BrN3O2. The Morgan fingerprint density at radius 1 is 1.62 bits per heavy atom. The molecule has 0 saturated heterocycles. The largest absolute Gasteiger partial charge is 0.463 e. The molecule has 0 bridgehead atoms. The van der Waals surface area contributed by atoms with Crippen molar-refractivity contribution in [3.05, 3.63) is 22.9 Å². The maximum Gasteiger partial charge on any atom is 0.432 e. The second-order valence-electron chi connectivity index (χ2n) is 2.36. The molecule has 0 amide bonds. The zero-order valence-electron chi connectivity index (χ0n) is 6.31. The lowest BCUT2D eigenvalue weighted by Gasteiger charge is -1.92. The number of hydrogen-bond acceptors (Lipinski definition) is 3. The van der Waals surface area contributed by atoms with Crippen molar-refractivity contribution >= 4 is 33.1 Å². The number of halogens is 1. The molecule has 13 heavy (non-hydrogen) atoms. The highest BCUT2D eigenvalue weighted by Gasteiger charge is 2.12. The second-order valence-corrected chi connectivity index (χ2v) is 3.11.